The van der Waals surface area contributed by atoms with Crippen molar-refractivity contribution in [3.63, 3.8) is 0 Å². The van der Waals surface area contributed by atoms with Crippen LogP contribution in [0.5, 0.6) is 5.75 Å². The van der Waals surface area contributed by atoms with Crippen molar-refractivity contribution in [2.45, 2.75) is 0 Å². The number of rotatable bonds is 0. The summed E-state index contributed by atoms with van der Waals surface area (Å²) in [6.45, 7) is 0. The molecule has 0 aliphatic carbocycles. The van der Waals surface area contributed by atoms with E-state index in [2.05, 4.69) is 4.98 Å². The quantitative estimate of drug-likeness (QED) is 0.684. The Kier molecular flexibility index (Phi) is 4.41. The standard InChI is InChI=1S/C9H7NO.Cu.H2O/c11-8-5-1-3-7-4-2-6-10-9(7)8;;/h1-6,11H;;1H2. The van der Waals surface area contributed by atoms with Crippen LogP contribution in [0.15, 0.2) is 36.5 Å². The van der Waals surface area contributed by atoms with Crippen molar-refractivity contribution in [2.24, 2.45) is 0 Å². The molecular formula is C9H9CuNO2. The zero-order valence-corrected chi connectivity index (χ0v) is 7.60. The Morgan fingerprint density at radius 3 is 2.46 bits per heavy atom. The van der Waals surface area contributed by atoms with E-state index in [1.165, 1.54) is 0 Å². The fourth-order valence-corrected chi connectivity index (χ4v) is 1.09. The summed E-state index contributed by atoms with van der Waals surface area (Å²) in [5.41, 5.74) is 0.662. The SMILES string of the molecule is O.Oc1cccc2cccnc12.[Cu]. The fourth-order valence-electron chi connectivity index (χ4n) is 1.09. The molecule has 3 nitrogen and oxygen atoms in total. The van der Waals surface area contributed by atoms with Gasteiger partial charge in [0.1, 0.15) is 11.3 Å². The second kappa shape index (κ2) is 4.82. The van der Waals surface area contributed by atoms with Gasteiger partial charge in [-0.3, -0.25) is 4.98 Å². The number of phenols is 1. The van der Waals surface area contributed by atoms with E-state index >= 15 is 0 Å². The van der Waals surface area contributed by atoms with Gasteiger partial charge >= 0.3 is 0 Å². The first-order valence-electron chi connectivity index (χ1n) is 3.40. The third kappa shape index (κ3) is 2.18. The smallest absolute Gasteiger partial charge is 0.141 e. The predicted molar refractivity (Wildman–Crippen MR) is 47.0 cm³/mol. The van der Waals surface area contributed by atoms with Gasteiger partial charge in [0.2, 0.25) is 0 Å². The molecule has 1 radical (unpaired) electrons. The van der Waals surface area contributed by atoms with E-state index in [0.29, 0.717) is 5.52 Å². The summed E-state index contributed by atoms with van der Waals surface area (Å²) in [4.78, 5) is 4.03. The van der Waals surface area contributed by atoms with Crippen LogP contribution in [-0.2, 0) is 17.1 Å². The van der Waals surface area contributed by atoms with E-state index in [4.69, 9.17) is 0 Å². The number of nitrogens with zero attached hydrogens (tertiary/aromatic N) is 1. The number of pyridine rings is 1. The minimum absolute atomic E-state index is 0. The second-order valence-corrected chi connectivity index (χ2v) is 2.35. The Labute approximate surface area is 86.2 Å². The summed E-state index contributed by atoms with van der Waals surface area (Å²) >= 11 is 0. The molecule has 0 atom stereocenters. The van der Waals surface area contributed by atoms with Crippen LogP contribution < -0.4 is 0 Å². The van der Waals surface area contributed by atoms with Gasteiger partial charge in [0.25, 0.3) is 0 Å². The van der Waals surface area contributed by atoms with E-state index < -0.39 is 0 Å². The van der Waals surface area contributed by atoms with E-state index in [1.807, 2.05) is 18.2 Å². The molecule has 13 heavy (non-hydrogen) atoms. The third-order valence-electron chi connectivity index (χ3n) is 1.61. The number of phenolic OH excluding ortho intramolecular Hbond substituents is 1. The Hall–Kier alpha value is -1.09. The van der Waals surface area contributed by atoms with Gasteiger partial charge in [-0.1, -0.05) is 18.2 Å². The van der Waals surface area contributed by atoms with Crippen LogP contribution in [0.3, 0.4) is 0 Å². The number of benzene rings is 1. The number of aromatic nitrogens is 1. The van der Waals surface area contributed by atoms with Crippen LogP contribution in [0.1, 0.15) is 0 Å². The van der Waals surface area contributed by atoms with Gasteiger partial charge in [0, 0.05) is 28.7 Å². The molecule has 1 aromatic heterocycles. The van der Waals surface area contributed by atoms with Crippen LogP contribution in [0, 0.1) is 0 Å². The molecule has 0 aliphatic rings. The van der Waals surface area contributed by atoms with Crippen molar-refractivity contribution in [3.8, 4) is 5.75 Å². The molecule has 0 fully saturated rings. The van der Waals surface area contributed by atoms with Crippen molar-refractivity contribution in [2.75, 3.05) is 0 Å². The van der Waals surface area contributed by atoms with E-state index in [9.17, 15) is 5.11 Å². The molecular weight excluding hydrogens is 218 g/mol. The third-order valence-corrected chi connectivity index (χ3v) is 1.61. The van der Waals surface area contributed by atoms with Crippen LogP contribution in [0.25, 0.3) is 10.9 Å². The zero-order chi connectivity index (χ0) is 7.68. The Morgan fingerprint density at radius 1 is 1.08 bits per heavy atom. The summed E-state index contributed by atoms with van der Waals surface area (Å²) in [6, 6.07) is 9.13. The molecule has 0 saturated heterocycles. The number of fused-ring (bicyclic) bond motifs is 1. The Morgan fingerprint density at radius 2 is 1.77 bits per heavy atom. The average Bonchev–Trinajstić information content (AvgIpc) is 2.06. The Balaban J connectivity index is 0.000000720. The normalized spacial score (nSPS) is 8.62. The fraction of sp³-hybridized carbons (Fsp3) is 0. The van der Waals surface area contributed by atoms with E-state index in [-0.39, 0.29) is 28.3 Å². The minimum atomic E-state index is 0. The molecule has 0 aliphatic heterocycles. The molecule has 0 amide bonds. The van der Waals surface area contributed by atoms with E-state index in [1.54, 1.807) is 18.3 Å². The second-order valence-electron chi connectivity index (χ2n) is 2.35. The van der Waals surface area contributed by atoms with Crippen LogP contribution in [-0.4, -0.2) is 15.6 Å². The number of para-hydroxylation sites is 1. The van der Waals surface area contributed by atoms with Crippen molar-refractivity contribution in [3.05, 3.63) is 36.5 Å². The first kappa shape index (κ1) is 11.9. The largest absolute Gasteiger partial charge is 0.506 e. The maximum Gasteiger partial charge on any atom is 0.141 e. The maximum absolute atomic E-state index is 9.31. The topological polar surface area (TPSA) is 64.6 Å². The van der Waals surface area contributed by atoms with Gasteiger partial charge in [0.05, 0.1) is 0 Å². The molecule has 1 aromatic carbocycles. The maximum atomic E-state index is 9.31. The monoisotopic (exact) mass is 226 g/mol. The summed E-state index contributed by atoms with van der Waals surface area (Å²) in [5.74, 6) is 0.239. The predicted octanol–water partition coefficient (Wildman–Crippen LogP) is 1.11. The van der Waals surface area contributed by atoms with Crippen LogP contribution >= 0.6 is 0 Å². The molecule has 73 valence electrons. The van der Waals surface area contributed by atoms with Crippen molar-refractivity contribution in [1.29, 1.82) is 0 Å². The number of aromatic hydroxyl groups is 1. The van der Waals surface area contributed by atoms with Gasteiger partial charge in [-0.05, 0) is 12.1 Å². The minimum Gasteiger partial charge on any atom is -0.506 e. The summed E-state index contributed by atoms with van der Waals surface area (Å²) in [6.07, 6.45) is 1.67. The first-order valence-corrected chi connectivity index (χ1v) is 3.40. The van der Waals surface area contributed by atoms with Crippen LogP contribution in [0.2, 0.25) is 0 Å². The summed E-state index contributed by atoms with van der Waals surface area (Å²) in [5, 5.41) is 10.3. The van der Waals surface area contributed by atoms with Gasteiger partial charge in [-0.15, -0.1) is 0 Å². The molecule has 0 bridgehead atoms. The van der Waals surface area contributed by atoms with Gasteiger partial charge in [0.15, 0.2) is 0 Å². The molecule has 1 heterocycles. The number of hydrogen-bond acceptors (Lipinski definition) is 2. The zero-order valence-electron chi connectivity index (χ0n) is 6.66. The van der Waals surface area contributed by atoms with E-state index in [0.717, 1.165) is 5.39 Å². The summed E-state index contributed by atoms with van der Waals surface area (Å²) < 4.78 is 0. The molecule has 3 N–H and O–H groups in total. The van der Waals surface area contributed by atoms with Crippen molar-refractivity contribution < 1.29 is 27.7 Å². The number of hydrogen-bond donors (Lipinski definition) is 1. The molecule has 4 heteroatoms. The first-order chi connectivity index (χ1) is 5.38. The van der Waals surface area contributed by atoms with Gasteiger partial charge in [-0.2, -0.15) is 0 Å². The molecule has 0 spiro atoms. The van der Waals surface area contributed by atoms with Crippen LogP contribution in [0.4, 0.5) is 0 Å². The average molecular weight is 227 g/mol. The van der Waals surface area contributed by atoms with Gasteiger partial charge < -0.3 is 10.6 Å². The van der Waals surface area contributed by atoms with Gasteiger partial charge in [-0.25, -0.2) is 0 Å². The molecule has 2 rings (SSSR count). The summed E-state index contributed by atoms with van der Waals surface area (Å²) in [7, 11) is 0. The molecule has 0 unspecified atom stereocenters. The molecule has 0 saturated carbocycles. The molecule has 2 aromatic rings. The Bertz CT molecular complexity index is 387. The van der Waals surface area contributed by atoms with Crippen molar-refractivity contribution in [1.82, 2.24) is 4.98 Å². The van der Waals surface area contributed by atoms with Crippen molar-refractivity contribution >= 4 is 10.9 Å².